The summed E-state index contributed by atoms with van der Waals surface area (Å²) >= 11 is 0. The van der Waals surface area contributed by atoms with Gasteiger partial charge in [0.1, 0.15) is 5.65 Å². The van der Waals surface area contributed by atoms with Crippen LogP contribution in [0.5, 0.6) is 0 Å². The second-order valence-electron chi connectivity index (χ2n) is 7.72. The van der Waals surface area contributed by atoms with Crippen molar-refractivity contribution < 1.29 is 4.79 Å². The van der Waals surface area contributed by atoms with Crippen molar-refractivity contribution in [2.45, 2.75) is 65.1 Å². The van der Waals surface area contributed by atoms with Crippen LogP contribution in [0, 0.1) is 0 Å². The topological polar surface area (TPSA) is 38.1 Å². The number of amides is 1. The summed E-state index contributed by atoms with van der Waals surface area (Å²) in [6, 6.07) is 4.22. The molecule has 0 saturated heterocycles. The van der Waals surface area contributed by atoms with Crippen molar-refractivity contribution in [2.24, 2.45) is 0 Å². The first kappa shape index (κ1) is 18.7. The van der Waals surface area contributed by atoms with Gasteiger partial charge in [-0.25, -0.2) is 4.98 Å². The number of anilines is 1. The van der Waals surface area contributed by atoms with Gasteiger partial charge >= 0.3 is 0 Å². The molecule has 0 radical (unpaired) electrons. The Morgan fingerprint density at radius 3 is 2.12 bits per heavy atom. The van der Waals surface area contributed by atoms with E-state index in [1.807, 2.05) is 6.20 Å². The van der Waals surface area contributed by atoms with Gasteiger partial charge in [0.15, 0.2) is 8.24 Å². The van der Waals surface area contributed by atoms with Crippen molar-refractivity contribution in [3.8, 4) is 0 Å². The largest absolute Gasteiger partial charge is 0.359 e. The molecule has 2 rings (SSSR count). The molecule has 0 bridgehead atoms. The lowest BCUT2D eigenvalue weighted by Gasteiger charge is -2.44. The SMILES string of the molecule is CC(=O)N(C)c1cnc2c(ccn2[Si](C(C)C)(C(C)C)C(C)C)c1. The normalized spacial score (nSPS) is 12.6. The Morgan fingerprint density at radius 1 is 1.12 bits per heavy atom. The Hall–Kier alpha value is -1.62. The van der Waals surface area contributed by atoms with Gasteiger partial charge in [-0.3, -0.25) is 4.79 Å². The highest BCUT2D eigenvalue weighted by molar-refractivity contribution is 6.82. The average molecular weight is 346 g/mol. The number of hydrogen-bond acceptors (Lipinski definition) is 2. The number of aromatic nitrogens is 2. The van der Waals surface area contributed by atoms with Crippen molar-refractivity contribution in [2.75, 3.05) is 11.9 Å². The van der Waals surface area contributed by atoms with Crippen molar-refractivity contribution in [3.05, 3.63) is 24.5 Å². The van der Waals surface area contributed by atoms with Crippen molar-refractivity contribution in [1.29, 1.82) is 0 Å². The van der Waals surface area contributed by atoms with Crippen LogP contribution in [0.1, 0.15) is 48.5 Å². The summed E-state index contributed by atoms with van der Waals surface area (Å²) in [7, 11) is -0.0194. The summed E-state index contributed by atoms with van der Waals surface area (Å²) in [6.45, 7) is 15.7. The molecule has 4 nitrogen and oxygen atoms in total. The molecule has 0 aliphatic rings. The maximum atomic E-state index is 11.6. The summed E-state index contributed by atoms with van der Waals surface area (Å²) in [5.41, 5.74) is 3.76. The molecule has 132 valence electrons. The molecule has 2 aromatic rings. The number of pyridine rings is 1. The average Bonchev–Trinajstić information content (AvgIpc) is 2.89. The van der Waals surface area contributed by atoms with Crippen LogP contribution in [-0.2, 0) is 4.79 Å². The standard InChI is InChI=1S/C19H31N3OSi/c1-13(2)24(14(3)4,15(5)6)22-10-9-17-11-18(12-20-19(17)22)21(8)16(7)23/h9-15H,1-8H3. The van der Waals surface area contributed by atoms with E-state index in [1.54, 1.807) is 18.9 Å². The lowest BCUT2D eigenvalue weighted by atomic mass is 10.3. The zero-order valence-corrected chi connectivity index (χ0v) is 17.3. The van der Waals surface area contributed by atoms with Crippen molar-refractivity contribution in [3.63, 3.8) is 0 Å². The summed E-state index contributed by atoms with van der Waals surface area (Å²) < 4.78 is 2.50. The molecule has 5 heteroatoms. The summed E-state index contributed by atoms with van der Waals surface area (Å²) in [5.74, 6) is 0.0193. The highest BCUT2D eigenvalue weighted by Gasteiger charge is 2.45. The van der Waals surface area contributed by atoms with Crippen molar-refractivity contribution >= 4 is 30.9 Å². The number of carbonyl (C=O) groups is 1. The molecule has 0 atom stereocenters. The van der Waals surface area contributed by atoms with Gasteiger partial charge in [0.25, 0.3) is 0 Å². The number of hydrogen-bond donors (Lipinski definition) is 0. The predicted molar refractivity (Wildman–Crippen MR) is 105 cm³/mol. The third-order valence-electron chi connectivity index (χ3n) is 5.56. The first-order chi connectivity index (χ1) is 11.1. The van der Waals surface area contributed by atoms with Crippen LogP contribution in [-0.4, -0.2) is 30.4 Å². The molecule has 24 heavy (non-hydrogen) atoms. The highest BCUT2D eigenvalue weighted by Crippen LogP contribution is 2.44. The van der Waals surface area contributed by atoms with Crippen molar-refractivity contribution in [1.82, 2.24) is 9.22 Å². The second-order valence-corrected chi connectivity index (χ2v) is 13.4. The first-order valence-corrected chi connectivity index (χ1v) is 11.0. The molecule has 1 amide bonds. The Balaban J connectivity index is 2.66. The molecular weight excluding hydrogens is 314 g/mol. The number of rotatable bonds is 5. The first-order valence-electron chi connectivity index (χ1n) is 8.85. The maximum Gasteiger partial charge on any atom is 0.223 e. The highest BCUT2D eigenvalue weighted by atomic mass is 28.3. The molecule has 0 N–H and O–H groups in total. The van der Waals surface area contributed by atoms with E-state index in [2.05, 4.69) is 64.1 Å². The Labute approximate surface area is 147 Å². The van der Waals surface area contributed by atoms with E-state index in [4.69, 9.17) is 4.98 Å². The molecule has 0 fully saturated rings. The summed E-state index contributed by atoms with van der Waals surface area (Å²) in [6.07, 6.45) is 4.04. The quantitative estimate of drug-likeness (QED) is 0.712. The van der Waals surface area contributed by atoms with Crippen LogP contribution in [0.3, 0.4) is 0 Å². The van der Waals surface area contributed by atoms with Gasteiger partial charge in [-0.15, -0.1) is 0 Å². The molecule has 0 spiro atoms. The molecule has 2 aromatic heterocycles. The summed E-state index contributed by atoms with van der Waals surface area (Å²) in [5, 5.41) is 1.11. The fourth-order valence-electron chi connectivity index (χ4n) is 4.52. The van der Waals surface area contributed by atoms with Gasteiger partial charge in [0, 0.05) is 19.4 Å². The minimum absolute atomic E-state index is 0.0193. The second kappa shape index (κ2) is 6.71. The van der Waals surface area contributed by atoms with Gasteiger partial charge in [-0.1, -0.05) is 41.5 Å². The monoisotopic (exact) mass is 345 g/mol. The lowest BCUT2D eigenvalue weighted by molar-refractivity contribution is -0.116. The molecule has 0 aliphatic heterocycles. The van der Waals surface area contributed by atoms with E-state index in [1.165, 1.54) is 0 Å². The van der Waals surface area contributed by atoms with Crippen LogP contribution >= 0.6 is 0 Å². The predicted octanol–water partition coefficient (Wildman–Crippen LogP) is 5.04. The third kappa shape index (κ3) is 2.79. The van der Waals surface area contributed by atoms with E-state index < -0.39 is 8.24 Å². The van der Waals surface area contributed by atoms with Crippen LogP contribution < -0.4 is 4.90 Å². The fraction of sp³-hybridized carbons (Fsp3) is 0.579. The number of fused-ring (bicyclic) bond motifs is 1. The van der Waals surface area contributed by atoms with Crippen LogP contribution in [0.25, 0.3) is 11.0 Å². The van der Waals surface area contributed by atoms with Crippen LogP contribution in [0.15, 0.2) is 24.5 Å². The molecule has 0 aromatic carbocycles. The van der Waals surface area contributed by atoms with Gasteiger partial charge in [0.05, 0.1) is 11.9 Å². The number of carbonyl (C=O) groups excluding carboxylic acids is 1. The minimum Gasteiger partial charge on any atom is -0.359 e. The molecular formula is C19H31N3OSi. The molecule has 0 unspecified atom stereocenters. The Morgan fingerprint density at radius 2 is 1.67 bits per heavy atom. The van der Waals surface area contributed by atoms with E-state index in [0.717, 1.165) is 16.7 Å². The Kier molecular flexibility index (Phi) is 5.23. The van der Waals surface area contributed by atoms with E-state index in [0.29, 0.717) is 16.6 Å². The van der Waals surface area contributed by atoms with Crippen LogP contribution in [0.4, 0.5) is 5.69 Å². The van der Waals surface area contributed by atoms with Gasteiger partial charge in [0.2, 0.25) is 5.91 Å². The van der Waals surface area contributed by atoms with Gasteiger partial charge < -0.3 is 9.13 Å². The van der Waals surface area contributed by atoms with E-state index in [9.17, 15) is 4.79 Å². The van der Waals surface area contributed by atoms with E-state index in [-0.39, 0.29) is 5.91 Å². The summed E-state index contributed by atoms with van der Waals surface area (Å²) in [4.78, 5) is 18.0. The van der Waals surface area contributed by atoms with Crippen LogP contribution in [0.2, 0.25) is 16.6 Å². The zero-order chi connectivity index (χ0) is 18.2. The molecule has 0 saturated carbocycles. The van der Waals surface area contributed by atoms with E-state index >= 15 is 0 Å². The zero-order valence-electron chi connectivity index (χ0n) is 16.3. The maximum absolute atomic E-state index is 11.6. The lowest BCUT2D eigenvalue weighted by Crippen LogP contribution is -2.51. The van der Waals surface area contributed by atoms with Gasteiger partial charge in [-0.2, -0.15) is 0 Å². The smallest absolute Gasteiger partial charge is 0.223 e. The molecule has 2 heterocycles. The fourth-order valence-corrected chi connectivity index (χ4v) is 11.1. The molecule has 0 aliphatic carbocycles. The number of nitrogens with zero attached hydrogens (tertiary/aromatic N) is 3. The third-order valence-corrected chi connectivity index (χ3v) is 12.3. The van der Waals surface area contributed by atoms with Gasteiger partial charge in [-0.05, 0) is 35.0 Å². The minimum atomic E-state index is -1.81. The Bertz CT molecular complexity index is 712.